The Balaban J connectivity index is 2.78. The number of aromatic amines is 1. The summed E-state index contributed by atoms with van der Waals surface area (Å²) in [5.41, 5.74) is 1.29. The first-order valence-electron chi connectivity index (χ1n) is 5.09. The van der Waals surface area contributed by atoms with Crippen LogP contribution in [0, 0.1) is 0 Å². The van der Waals surface area contributed by atoms with Gasteiger partial charge in [0.2, 0.25) is 0 Å². The second-order valence-electron chi connectivity index (χ2n) is 3.65. The largest absolute Gasteiger partial charge is 0.328 e. The van der Waals surface area contributed by atoms with Gasteiger partial charge in [0.15, 0.2) is 0 Å². The molecule has 4 nitrogen and oxygen atoms in total. The van der Waals surface area contributed by atoms with Crippen LogP contribution in [-0.2, 0) is 19.4 Å². The molecule has 0 saturated carbocycles. The summed E-state index contributed by atoms with van der Waals surface area (Å²) in [5, 5.41) is 0. The Morgan fingerprint density at radius 3 is 2.86 bits per heavy atom. The van der Waals surface area contributed by atoms with Gasteiger partial charge in [-0.05, 0) is 25.7 Å². The second kappa shape index (κ2) is 3.44. The van der Waals surface area contributed by atoms with E-state index in [-0.39, 0.29) is 11.2 Å². The minimum Gasteiger partial charge on any atom is -0.297 e. The van der Waals surface area contributed by atoms with Crippen LogP contribution in [-0.4, -0.2) is 9.55 Å². The van der Waals surface area contributed by atoms with Crippen LogP contribution in [0.4, 0.5) is 0 Å². The zero-order valence-electron chi connectivity index (χ0n) is 8.30. The topological polar surface area (TPSA) is 54.9 Å². The molecule has 1 aromatic rings. The summed E-state index contributed by atoms with van der Waals surface area (Å²) < 4.78 is 1.71. The summed E-state index contributed by atoms with van der Waals surface area (Å²) in [4.78, 5) is 25.4. The number of fused-ring (bicyclic) bond motifs is 2. The molecule has 4 heteroatoms. The predicted molar refractivity (Wildman–Crippen MR) is 53.6 cm³/mol. The van der Waals surface area contributed by atoms with Gasteiger partial charge in [0, 0.05) is 17.8 Å². The molecule has 0 radical (unpaired) electrons. The van der Waals surface area contributed by atoms with Gasteiger partial charge in [-0.3, -0.25) is 14.3 Å². The lowest BCUT2D eigenvalue weighted by Gasteiger charge is -2.09. The third kappa shape index (κ3) is 1.31. The van der Waals surface area contributed by atoms with Crippen molar-refractivity contribution < 1.29 is 0 Å². The van der Waals surface area contributed by atoms with E-state index in [9.17, 15) is 9.59 Å². The highest BCUT2D eigenvalue weighted by Gasteiger charge is 2.15. The van der Waals surface area contributed by atoms with Gasteiger partial charge in [-0.1, -0.05) is 6.92 Å². The predicted octanol–water partition coefficient (Wildman–Crippen LogP) is 0.435. The van der Waals surface area contributed by atoms with Crippen molar-refractivity contribution in [3.63, 3.8) is 0 Å². The van der Waals surface area contributed by atoms with Crippen LogP contribution < -0.4 is 11.2 Å². The molecule has 0 atom stereocenters. The van der Waals surface area contributed by atoms with Crippen LogP contribution in [0.5, 0.6) is 0 Å². The fourth-order valence-electron chi connectivity index (χ4n) is 2.13. The van der Waals surface area contributed by atoms with Crippen molar-refractivity contribution in [3.05, 3.63) is 32.1 Å². The zero-order valence-corrected chi connectivity index (χ0v) is 8.30. The first kappa shape index (κ1) is 9.24. The van der Waals surface area contributed by atoms with E-state index in [1.54, 1.807) is 4.57 Å². The van der Waals surface area contributed by atoms with E-state index in [1.165, 1.54) is 0 Å². The standard InChI is InChI=1S/C10H14N2O2/c1-2-8-7-5-3-4-6-12(8)10(14)11-9(7)13/h2-6H2,1H3,(H,11,13,14). The number of H-pyrrole nitrogens is 1. The molecular weight excluding hydrogens is 180 g/mol. The molecule has 0 aromatic carbocycles. The van der Waals surface area contributed by atoms with Crippen LogP contribution in [0.2, 0.25) is 0 Å². The molecule has 1 aliphatic heterocycles. The summed E-state index contributed by atoms with van der Waals surface area (Å²) in [7, 11) is 0. The number of aromatic nitrogens is 2. The maximum absolute atomic E-state index is 11.5. The molecule has 2 heterocycles. The summed E-state index contributed by atoms with van der Waals surface area (Å²) >= 11 is 0. The third-order valence-electron chi connectivity index (χ3n) is 2.81. The van der Waals surface area contributed by atoms with Gasteiger partial charge in [0.1, 0.15) is 0 Å². The van der Waals surface area contributed by atoms with Crippen molar-refractivity contribution in [2.24, 2.45) is 0 Å². The van der Waals surface area contributed by atoms with E-state index in [0.29, 0.717) is 0 Å². The van der Waals surface area contributed by atoms with Gasteiger partial charge in [-0.2, -0.15) is 0 Å². The molecule has 1 aliphatic rings. The highest BCUT2D eigenvalue weighted by molar-refractivity contribution is 5.19. The molecule has 0 amide bonds. The minimum absolute atomic E-state index is 0.190. The molecule has 0 saturated heterocycles. The van der Waals surface area contributed by atoms with Gasteiger partial charge < -0.3 is 0 Å². The molecule has 2 bridgehead atoms. The van der Waals surface area contributed by atoms with Crippen molar-refractivity contribution in [3.8, 4) is 0 Å². The molecule has 2 rings (SSSR count). The fraction of sp³-hybridized carbons (Fsp3) is 0.600. The fourth-order valence-corrected chi connectivity index (χ4v) is 2.13. The lowest BCUT2D eigenvalue weighted by Crippen LogP contribution is -2.34. The molecular formula is C10H14N2O2. The molecule has 0 unspecified atom stereocenters. The zero-order chi connectivity index (χ0) is 10.1. The summed E-state index contributed by atoms with van der Waals surface area (Å²) in [6.45, 7) is 2.73. The van der Waals surface area contributed by atoms with Crippen LogP contribution >= 0.6 is 0 Å². The van der Waals surface area contributed by atoms with Crippen molar-refractivity contribution in [2.75, 3.05) is 0 Å². The first-order valence-corrected chi connectivity index (χ1v) is 5.09. The normalized spacial score (nSPS) is 15.2. The van der Waals surface area contributed by atoms with Gasteiger partial charge in [0.25, 0.3) is 5.56 Å². The Labute approximate surface area is 81.6 Å². The summed E-state index contributed by atoms with van der Waals surface area (Å²) in [5.74, 6) is 0. The van der Waals surface area contributed by atoms with Crippen molar-refractivity contribution in [2.45, 2.75) is 39.2 Å². The van der Waals surface area contributed by atoms with E-state index < -0.39 is 0 Å². The average Bonchev–Trinajstić information content (AvgIpc) is 2.34. The maximum atomic E-state index is 11.5. The summed E-state index contributed by atoms with van der Waals surface area (Å²) in [6.07, 6.45) is 3.54. The highest BCUT2D eigenvalue weighted by Crippen LogP contribution is 2.12. The van der Waals surface area contributed by atoms with E-state index in [4.69, 9.17) is 0 Å². The molecule has 1 aromatic heterocycles. The second-order valence-corrected chi connectivity index (χ2v) is 3.65. The lowest BCUT2D eigenvalue weighted by molar-refractivity contribution is 0.590. The number of rotatable bonds is 1. The number of nitrogens with one attached hydrogen (secondary N) is 1. The van der Waals surface area contributed by atoms with Gasteiger partial charge in [0.05, 0.1) is 0 Å². The molecule has 14 heavy (non-hydrogen) atoms. The summed E-state index contributed by atoms with van der Waals surface area (Å²) in [6, 6.07) is 0. The Hall–Kier alpha value is -1.32. The Morgan fingerprint density at radius 2 is 2.14 bits per heavy atom. The van der Waals surface area contributed by atoms with Crippen LogP contribution in [0.3, 0.4) is 0 Å². The molecule has 1 N–H and O–H groups in total. The number of hydrogen-bond donors (Lipinski definition) is 1. The monoisotopic (exact) mass is 194 g/mol. The number of hydrogen-bond acceptors (Lipinski definition) is 2. The molecule has 0 fully saturated rings. The quantitative estimate of drug-likeness (QED) is 0.705. The SMILES string of the molecule is CCc1c2c(=O)[nH]c(=O)n1CCCC2. The van der Waals surface area contributed by atoms with Crippen LogP contribution in [0.25, 0.3) is 0 Å². The van der Waals surface area contributed by atoms with E-state index >= 15 is 0 Å². The van der Waals surface area contributed by atoms with E-state index in [2.05, 4.69) is 4.98 Å². The highest BCUT2D eigenvalue weighted by atomic mass is 16.2. The maximum Gasteiger partial charge on any atom is 0.328 e. The number of nitrogens with zero attached hydrogens (tertiary/aromatic N) is 1. The molecule has 0 aliphatic carbocycles. The molecule has 76 valence electrons. The van der Waals surface area contributed by atoms with Gasteiger partial charge in [-0.15, -0.1) is 0 Å². The first-order chi connectivity index (χ1) is 6.74. The van der Waals surface area contributed by atoms with Crippen LogP contribution in [0.1, 0.15) is 31.0 Å². The van der Waals surface area contributed by atoms with Gasteiger partial charge in [-0.25, -0.2) is 4.79 Å². The Bertz CT molecular complexity index is 418. The van der Waals surface area contributed by atoms with Gasteiger partial charge >= 0.3 is 5.69 Å². The van der Waals surface area contributed by atoms with Crippen molar-refractivity contribution in [1.82, 2.24) is 9.55 Å². The Kier molecular flexibility index (Phi) is 2.27. The minimum atomic E-state index is -0.252. The smallest absolute Gasteiger partial charge is 0.297 e. The van der Waals surface area contributed by atoms with Crippen LogP contribution in [0.15, 0.2) is 9.59 Å². The van der Waals surface area contributed by atoms with Crippen molar-refractivity contribution >= 4 is 0 Å². The Morgan fingerprint density at radius 1 is 1.36 bits per heavy atom. The van der Waals surface area contributed by atoms with E-state index in [1.807, 2.05) is 6.92 Å². The lowest BCUT2D eigenvalue weighted by atomic mass is 10.1. The van der Waals surface area contributed by atoms with E-state index in [0.717, 1.165) is 43.5 Å². The average molecular weight is 194 g/mol. The van der Waals surface area contributed by atoms with Crippen molar-refractivity contribution in [1.29, 1.82) is 0 Å². The molecule has 0 spiro atoms. The third-order valence-corrected chi connectivity index (χ3v) is 2.81.